The molecule has 2 heterocycles. The fourth-order valence-electron chi connectivity index (χ4n) is 3.84. The van der Waals surface area contributed by atoms with Crippen LogP contribution in [-0.4, -0.2) is 54.8 Å². The number of allylic oxidation sites excluding steroid dienone is 1. The minimum absolute atomic E-state index is 0.179. The van der Waals surface area contributed by atoms with E-state index in [1.807, 2.05) is 24.3 Å². The molecular weight excluding hydrogens is 438 g/mol. The zero-order valence-corrected chi connectivity index (χ0v) is 20.8. The lowest BCUT2D eigenvalue weighted by atomic mass is 10.1. The van der Waals surface area contributed by atoms with Crippen LogP contribution in [0.2, 0.25) is 5.02 Å². The fraction of sp³-hybridized carbons (Fsp3) is 0.500. The lowest BCUT2D eigenvalue weighted by Gasteiger charge is -2.30. The molecule has 9 heteroatoms. The number of nitrogens with zero attached hydrogens (tertiary/aromatic N) is 4. The van der Waals surface area contributed by atoms with Gasteiger partial charge in [0.15, 0.2) is 5.82 Å². The summed E-state index contributed by atoms with van der Waals surface area (Å²) in [6, 6.07) is 5.91. The van der Waals surface area contributed by atoms with E-state index in [4.69, 9.17) is 27.9 Å². The molecule has 0 radical (unpaired) electrons. The van der Waals surface area contributed by atoms with Gasteiger partial charge in [-0.2, -0.15) is 4.99 Å². The van der Waals surface area contributed by atoms with Crippen LogP contribution in [0.15, 0.2) is 51.5 Å². The zero-order chi connectivity index (χ0) is 24.0. The van der Waals surface area contributed by atoms with Gasteiger partial charge in [0, 0.05) is 24.0 Å². The summed E-state index contributed by atoms with van der Waals surface area (Å²) in [5, 5.41) is 0.714. The second-order valence-corrected chi connectivity index (χ2v) is 9.18. The molecule has 3 rings (SSSR count). The molecule has 0 spiro atoms. The van der Waals surface area contributed by atoms with Gasteiger partial charge in [0.05, 0.1) is 17.9 Å². The Morgan fingerprint density at radius 3 is 2.94 bits per heavy atom. The van der Waals surface area contributed by atoms with Crippen LogP contribution in [0.5, 0.6) is 0 Å². The third-order valence-electron chi connectivity index (χ3n) is 5.94. The summed E-state index contributed by atoms with van der Waals surface area (Å²) in [6.45, 7) is 10.5. The van der Waals surface area contributed by atoms with Crippen LogP contribution in [-0.2, 0) is 11.4 Å². The highest BCUT2D eigenvalue weighted by atomic mass is 35.5. The van der Waals surface area contributed by atoms with Gasteiger partial charge in [-0.1, -0.05) is 31.5 Å². The van der Waals surface area contributed by atoms with E-state index >= 15 is 0 Å². The van der Waals surface area contributed by atoms with Crippen LogP contribution in [0.4, 0.5) is 0 Å². The van der Waals surface area contributed by atoms with Crippen molar-refractivity contribution in [2.45, 2.75) is 40.2 Å². The van der Waals surface area contributed by atoms with E-state index in [-0.39, 0.29) is 5.92 Å². The maximum atomic E-state index is 6.39. The van der Waals surface area contributed by atoms with Crippen LogP contribution < -0.4 is 16.9 Å². The van der Waals surface area contributed by atoms with Crippen molar-refractivity contribution in [2.24, 2.45) is 27.4 Å². The number of hydroxylamine groups is 1. The molecule has 8 nitrogen and oxygen atoms in total. The lowest BCUT2D eigenvalue weighted by Crippen LogP contribution is -2.38. The average molecular weight is 474 g/mol. The second-order valence-electron chi connectivity index (χ2n) is 8.74. The van der Waals surface area contributed by atoms with Crippen LogP contribution in [0.3, 0.4) is 0 Å². The molecule has 0 aliphatic carbocycles. The van der Waals surface area contributed by atoms with Gasteiger partial charge in [-0.3, -0.25) is 4.99 Å². The molecule has 1 aromatic carbocycles. The number of rotatable bonds is 9. The van der Waals surface area contributed by atoms with Crippen molar-refractivity contribution >= 4 is 23.3 Å². The molecule has 1 unspecified atom stereocenters. The van der Waals surface area contributed by atoms with Crippen molar-refractivity contribution < 1.29 is 4.84 Å². The Morgan fingerprint density at radius 2 is 2.18 bits per heavy atom. The first-order valence-corrected chi connectivity index (χ1v) is 11.9. The quantitative estimate of drug-likeness (QED) is 0.509. The van der Waals surface area contributed by atoms with Crippen molar-refractivity contribution in [1.29, 1.82) is 0 Å². The maximum absolute atomic E-state index is 6.39. The van der Waals surface area contributed by atoms with E-state index in [0.717, 1.165) is 43.7 Å². The Kier molecular flexibility index (Phi) is 8.63. The van der Waals surface area contributed by atoms with Gasteiger partial charge in [0.25, 0.3) is 0 Å². The number of hydrogen-bond donors (Lipinski definition) is 3. The van der Waals surface area contributed by atoms with E-state index in [1.165, 1.54) is 5.56 Å². The largest absolute Gasteiger partial charge is 0.396 e. The highest BCUT2D eigenvalue weighted by Crippen LogP contribution is 2.22. The third-order valence-corrected chi connectivity index (χ3v) is 6.17. The number of amidine groups is 1. The minimum atomic E-state index is 0.179. The van der Waals surface area contributed by atoms with Crippen LogP contribution in [0.1, 0.15) is 37.8 Å². The average Bonchev–Trinajstić information content (AvgIpc) is 3.28. The van der Waals surface area contributed by atoms with Crippen LogP contribution >= 0.6 is 11.6 Å². The molecule has 0 aromatic heterocycles. The van der Waals surface area contributed by atoms with Gasteiger partial charge < -0.3 is 26.1 Å². The smallest absolute Gasteiger partial charge is 0.226 e. The molecule has 180 valence electrons. The Morgan fingerprint density at radius 1 is 1.39 bits per heavy atom. The molecule has 0 fully saturated rings. The molecule has 5 N–H and O–H groups in total. The predicted molar refractivity (Wildman–Crippen MR) is 136 cm³/mol. The van der Waals surface area contributed by atoms with Crippen molar-refractivity contribution in [3.63, 3.8) is 0 Å². The number of benzene rings is 1. The Balaban J connectivity index is 1.76. The zero-order valence-electron chi connectivity index (χ0n) is 20.1. The SMILES string of the molecule is CCCN(C)CCC(C)C1=NC(=C(N)C=C2C(N)=NCCN2Cc2cc(Cl)ccc2C)NO1. The van der Waals surface area contributed by atoms with Gasteiger partial charge in [0.2, 0.25) is 5.90 Å². The number of halogens is 1. The molecular formula is C24H36ClN7O. The van der Waals surface area contributed by atoms with Crippen molar-refractivity contribution in [2.75, 3.05) is 33.2 Å². The number of aryl methyl sites for hydroxylation is 1. The molecule has 0 amide bonds. The summed E-state index contributed by atoms with van der Waals surface area (Å²) >= 11 is 6.22. The summed E-state index contributed by atoms with van der Waals surface area (Å²) in [5.41, 5.74) is 19.0. The van der Waals surface area contributed by atoms with Crippen molar-refractivity contribution in [3.05, 3.63) is 57.6 Å². The van der Waals surface area contributed by atoms with Crippen LogP contribution in [0, 0.1) is 12.8 Å². The van der Waals surface area contributed by atoms with E-state index in [2.05, 4.69) is 53.1 Å². The maximum Gasteiger partial charge on any atom is 0.226 e. The third kappa shape index (κ3) is 6.65. The topological polar surface area (TPSA) is 104 Å². The number of nitrogens with one attached hydrogen (secondary N) is 1. The van der Waals surface area contributed by atoms with E-state index in [9.17, 15) is 0 Å². The lowest BCUT2D eigenvalue weighted by molar-refractivity contribution is 0.215. The Hall–Kier alpha value is -2.71. The molecule has 1 aromatic rings. The number of aliphatic imine (C=N–C) groups is 2. The first kappa shape index (κ1) is 24.9. The van der Waals surface area contributed by atoms with Gasteiger partial charge in [-0.05, 0) is 69.2 Å². The second kappa shape index (κ2) is 11.4. The molecule has 0 saturated heterocycles. The highest BCUT2D eigenvalue weighted by molar-refractivity contribution is 6.30. The summed E-state index contributed by atoms with van der Waals surface area (Å²) in [7, 11) is 2.13. The number of nitrogens with two attached hydrogens (primary N) is 2. The van der Waals surface area contributed by atoms with Gasteiger partial charge in [-0.15, -0.1) is 0 Å². The van der Waals surface area contributed by atoms with E-state index < -0.39 is 0 Å². The molecule has 0 saturated carbocycles. The van der Waals surface area contributed by atoms with Gasteiger partial charge in [0.1, 0.15) is 5.84 Å². The van der Waals surface area contributed by atoms with Crippen molar-refractivity contribution in [1.82, 2.24) is 15.3 Å². The summed E-state index contributed by atoms with van der Waals surface area (Å²) < 4.78 is 0. The fourth-order valence-corrected chi connectivity index (χ4v) is 4.03. The van der Waals surface area contributed by atoms with E-state index in [1.54, 1.807) is 0 Å². The Labute approximate surface area is 202 Å². The first-order valence-electron chi connectivity index (χ1n) is 11.5. The minimum Gasteiger partial charge on any atom is -0.396 e. The summed E-state index contributed by atoms with van der Waals surface area (Å²) in [6.07, 6.45) is 3.91. The normalized spacial score (nSPS) is 19.8. The number of hydrogen-bond acceptors (Lipinski definition) is 8. The van der Waals surface area contributed by atoms with Crippen LogP contribution in [0.25, 0.3) is 0 Å². The molecule has 1 atom stereocenters. The van der Waals surface area contributed by atoms with Crippen molar-refractivity contribution in [3.8, 4) is 0 Å². The van der Waals surface area contributed by atoms with E-state index in [0.29, 0.717) is 41.4 Å². The predicted octanol–water partition coefficient (Wildman–Crippen LogP) is 3.13. The van der Waals surface area contributed by atoms with Gasteiger partial charge >= 0.3 is 0 Å². The summed E-state index contributed by atoms with van der Waals surface area (Å²) in [4.78, 5) is 19.1. The molecule has 0 bridgehead atoms. The molecule has 2 aliphatic rings. The molecule has 2 aliphatic heterocycles. The Bertz CT molecular complexity index is 970. The van der Waals surface area contributed by atoms with Gasteiger partial charge in [-0.25, -0.2) is 5.48 Å². The standard InChI is InChI=1S/C24H36ClN7O/c1-5-10-31(4)11-8-17(3)24-29-23(30-33-24)20(26)14-21-22(27)28-9-12-32(21)15-18-13-19(25)7-6-16(18)2/h6-7,13-14,17,30H,5,8-12,15,26H2,1-4H3,(H2,27,28). The monoisotopic (exact) mass is 473 g/mol. The highest BCUT2D eigenvalue weighted by Gasteiger charge is 2.23. The first-order chi connectivity index (χ1) is 15.8. The summed E-state index contributed by atoms with van der Waals surface area (Å²) in [5.74, 6) is 1.77. The molecule has 33 heavy (non-hydrogen) atoms.